The predicted molar refractivity (Wildman–Crippen MR) is 142 cm³/mol. The molecule has 2 aromatic rings. The molecule has 6 nitrogen and oxygen atoms in total. The monoisotopic (exact) mass is 526 g/mol. The van der Waals surface area contributed by atoms with E-state index >= 15 is 0 Å². The minimum atomic E-state index is -0.238. The highest BCUT2D eigenvalue weighted by Crippen LogP contribution is 2.62. The third kappa shape index (κ3) is 5.50. The highest BCUT2D eigenvalue weighted by Gasteiger charge is 2.58. The fourth-order valence-corrected chi connectivity index (χ4v) is 6.82. The van der Waals surface area contributed by atoms with Gasteiger partial charge < -0.3 is 20.2 Å². The number of nitrogens with zero attached hydrogens (tertiary/aromatic N) is 3. The summed E-state index contributed by atoms with van der Waals surface area (Å²) in [4.78, 5) is 17.8. The van der Waals surface area contributed by atoms with Gasteiger partial charge in [-0.15, -0.1) is 0 Å². The molecule has 3 fully saturated rings. The first-order valence-corrected chi connectivity index (χ1v) is 13.6. The average molecular weight is 527 g/mol. The fraction of sp³-hybridized carbons (Fsp3) is 0.500. The molecule has 1 aliphatic heterocycles. The Balaban J connectivity index is 1.27. The standard InChI is InChI=1S/C28H32Cl2N4O2/c29-22-13-23(30)15-24(14-22)32-27(36)34(9-2-8-33-10-6-26(35)18-33)25-5-7-28(16-21(28)12-25)20-4-1-3-19(11-20)17-31/h1,3-4,11,13-15,21,25-26,35H,2,5-10,12,16,18H2,(H,32,36)/t21?,25-,26+,28-/m1/s1. The van der Waals surface area contributed by atoms with Crippen molar-refractivity contribution in [2.75, 3.05) is 31.5 Å². The molecule has 2 aliphatic carbocycles. The van der Waals surface area contributed by atoms with Crippen LogP contribution in [0.1, 0.15) is 49.7 Å². The van der Waals surface area contributed by atoms with Gasteiger partial charge in [-0.1, -0.05) is 35.3 Å². The number of β-amino-alcohol motifs (C(OH)–C–C–N with tert-alkyl or cyclic N) is 1. The zero-order valence-corrected chi connectivity index (χ0v) is 21.8. The molecule has 0 bridgehead atoms. The molecule has 2 aromatic carbocycles. The van der Waals surface area contributed by atoms with Crippen LogP contribution in [0.5, 0.6) is 0 Å². The molecule has 2 N–H and O–H groups in total. The maximum atomic E-state index is 13.5. The number of likely N-dealkylation sites (tertiary alicyclic amines) is 1. The number of carbonyl (C=O) groups is 1. The Bertz CT molecular complexity index is 1150. The molecule has 5 rings (SSSR count). The molecule has 0 radical (unpaired) electrons. The molecule has 0 aromatic heterocycles. The maximum absolute atomic E-state index is 13.5. The molecule has 1 heterocycles. The number of nitrogens with one attached hydrogen (secondary N) is 1. The Morgan fingerprint density at radius 1 is 1.22 bits per heavy atom. The Morgan fingerprint density at radius 3 is 2.72 bits per heavy atom. The molecule has 2 saturated carbocycles. The van der Waals surface area contributed by atoms with Crippen LogP contribution in [0.4, 0.5) is 10.5 Å². The third-order valence-electron chi connectivity index (χ3n) is 8.22. The number of aliphatic hydroxyl groups is 1. The number of urea groups is 1. The minimum absolute atomic E-state index is 0.126. The smallest absolute Gasteiger partial charge is 0.322 e. The summed E-state index contributed by atoms with van der Waals surface area (Å²) in [5.41, 5.74) is 2.72. The summed E-state index contributed by atoms with van der Waals surface area (Å²) in [5.74, 6) is 0.523. The van der Waals surface area contributed by atoms with Crippen molar-refractivity contribution in [1.82, 2.24) is 9.80 Å². The number of aliphatic hydroxyl groups excluding tert-OH is 1. The third-order valence-corrected chi connectivity index (χ3v) is 8.65. The van der Waals surface area contributed by atoms with E-state index in [4.69, 9.17) is 23.2 Å². The normalized spacial score (nSPS) is 27.2. The van der Waals surface area contributed by atoms with E-state index in [9.17, 15) is 15.2 Å². The van der Waals surface area contributed by atoms with Gasteiger partial charge in [-0.05, 0) is 92.3 Å². The summed E-state index contributed by atoms with van der Waals surface area (Å²) >= 11 is 12.3. The van der Waals surface area contributed by atoms with Crippen LogP contribution in [0.15, 0.2) is 42.5 Å². The zero-order valence-electron chi connectivity index (χ0n) is 20.3. The van der Waals surface area contributed by atoms with Crippen LogP contribution >= 0.6 is 23.2 Å². The van der Waals surface area contributed by atoms with E-state index in [-0.39, 0.29) is 23.6 Å². The second kappa shape index (κ2) is 10.6. The number of rotatable bonds is 7. The van der Waals surface area contributed by atoms with Gasteiger partial charge in [0.05, 0.1) is 17.7 Å². The summed E-state index contributed by atoms with van der Waals surface area (Å²) in [6, 6.07) is 15.4. The topological polar surface area (TPSA) is 79.6 Å². The second-order valence-electron chi connectivity index (χ2n) is 10.6. The van der Waals surface area contributed by atoms with E-state index in [0.29, 0.717) is 40.3 Å². The van der Waals surface area contributed by atoms with Gasteiger partial charge in [0.2, 0.25) is 0 Å². The van der Waals surface area contributed by atoms with Crippen LogP contribution in [0.3, 0.4) is 0 Å². The molecule has 4 atom stereocenters. The minimum Gasteiger partial charge on any atom is -0.392 e. The first-order chi connectivity index (χ1) is 17.4. The summed E-state index contributed by atoms with van der Waals surface area (Å²) in [6.07, 6.45) is 5.46. The van der Waals surface area contributed by atoms with Crippen LogP contribution in [-0.2, 0) is 5.41 Å². The van der Waals surface area contributed by atoms with Crippen LogP contribution in [0.25, 0.3) is 0 Å². The number of fused-ring (bicyclic) bond motifs is 1. The molecule has 1 unspecified atom stereocenters. The fourth-order valence-electron chi connectivity index (χ4n) is 6.30. The van der Waals surface area contributed by atoms with Crippen molar-refractivity contribution >= 4 is 34.9 Å². The molecular weight excluding hydrogens is 495 g/mol. The Morgan fingerprint density at radius 2 is 2.03 bits per heavy atom. The highest BCUT2D eigenvalue weighted by molar-refractivity contribution is 6.35. The van der Waals surface area contributed by atoms with Gasteiger partial charge in [0.1, 0.15) is 0 Å². The number of hydrogen-bond acceptors (Lipinski definition) is 4. The van der Waals surface area contributed by atoms with Gasteiger partial charge in [0.15, 0.2) is 0 Å². The van der Waals surface area contributed by atoms with E-state index < -0.39 is 0 Å². The van der Waals surface area contributed by atoms with E-state index in [2.05, 4.69) is 22.4 Å². The summed E-state index contributed by atoms with van der Waals surface area (Å²) in [6.45, 7) is 3.14. The van der Waals surface area contributed by atoms with Gasteiger partial charge in [-0.2, -0.15) is 5.26 Å². The molecule has 3 aliphatic rings. The van der Waals surface area contributed by atoms with Crippen LogP contribution in [0, 0.1) is 17.2 Å². The lowest BCUT2D eigenvalue weighted by molar-refractivity contribution is 0.151. The zero-order chi connectivity index (χ0) is 25.3. The van der Waals surface area contributed by atoms with Crippen molar-refractivity contribution in [3.63, 3.8) is 0 Å². The highest BCUT2D eigenvalue weighted by atomic mass is 35.5. The molecule has 0 spiro atoms. The van der Waals surface area contributed by atoms with Gasteiger partial charge >= 0.3 is 6.03 Å². The number of nitriles is 1. The number of anilines is 1. The van der Waals surface area contributed by atoms with Crippen LogP contribution in [0.2, 0.25) is 10.0 Å². The van der Waals surface area contributed by atoms with Crippen molar-refractivity contribution in [1.29, 1.82) is 5.26 Å². The Kier molecular flexibility index (Phi) is 7.46. The Hall–Kier alpha value is -2.30. The van der Waals surface area contributed by atoms with Crippen molar-refractivity contribution in [2.24, 2.45) is 5.92 Å². The quantitative estimate of drug-likeness (QED) is 0.487. The molecule has 2 amide bonds. The summed E-state index contributed by atoms with van der Waals surface area (Å²) in [7, 11) is 0. The predicted octanol–water partition coefficient (Wildman–Crippen LogP) is 5.67. The van der Waals surface area contributed by atoms with E-state index in [1.165, 1.54) is 5.56 Å². The number of amides is 2. The first-order valence-electron chi connectivity index (χ1n) is 12.8. The van der Waals surface area contributed by atoms with Gasteiger partial charge in [0, 0.05) is 41.4 Å². The molecular formula is C28H32Cl2N4O2. The van der Waals surface area contributed by atoms with Crippen molar-refractivity contribution in [3.8, 4) is 6.07 Å². The number of carbonyl (C=O) groups excluding carboxylic acids is 1. The lowest BCUT2D eigenvalue weighted by Gasteiger charge is -2.37. The lowest BCUT2D eigenvalue weighted by atomic mass is 9.80. The number of benzene rings is 2. The maximum Gasteiger partial charge on any atom is 0.322 e. The summed E-state index contributed by atoms with van der Waals surface area (Å²) in [5, 5.41) is 23.2. The molecule has 8 heteroatoms. The van der Waals surface area contributed by atoms with Gasteiger partial charge in [0.25, 0.3) is 0 Å². The Labute approximate surface area is 222 Å². The SMILES string of the molecule is N#Cc1cccc([C@]23CC[C@@H](N(CCCN4CC[C@H](O)C4)C(=O)Nc4cc(Cl)cc(Cl)c4)CC2C3)c1. The molecule has 36 heavy (non-hydrogen) atoms. The van der Waals surface area contributed by atoms with Gasteiger partial charge in [-0.3, -0.25) is 0 Å². The lowest BCUT2D eigenvalue weighted by Crippen LogP contribution is -2.46. The van der Waals surface area contributed by atoms with Gasteiger partial charge in [-0.25, -0.2) is 4.79 Å². The van der Waals surface area contributed by atoms with Crippen LogP contribution in [-0.4, -0.2) is 59.3 Å². The average Bonchev–Trinajstić information content (AvgIpc) is 3.46. The first kappa shape index (κ1) is 25.4. The number of halogens is 2. The van der Waals surface area contributed by atoms with E-state index in [0.717, 1.165) is 51.6 Å². The van der Waals surface area contributed by atoms with Crippen molar-refractivity contribution in [2.45, 2.75) is 56.1 Å². The number of hydrogen-bond donors (Lipinski definition) is 2. The van der Waals surface area contributed by atoms with E-state index in [1.807, 2.05) is 23.1 Å². The van der Waals surface area contributed by atoms with Crippen LogP contribution < -0.4 is 5.32 Å². The largest absolute Gasteiger partial charge is 0.392 e. The molecule has 190 valence electrons. The second-order valence-corrected chi connectivity index (χ2v) is 11.4. The summed E-state index contributed by atoms with van der Waals surface area (Å²) < 4.78 is 0. The molecule has 1 saturated heterocycles. The van der Waals surface area contributed by atoms with Crippen molar-refractivity contribution in [3.05, 3.63) is 63.6 Å². The van der Waals surface area contributed by atoms with E-state index in [1.54, 1.807) is 18.2 Å². The van der Waals surface area contributed by atoms with Crippen molar-refractivity contribution < 1.29 is 9.90 Å².